The molecular formula is C26H21ClN6O2S. The van der Waals surface area contributed by atoms with Crippen LogP contribution in [-0.4, -0.2) is 19.4 Å². The third kappa shape index (κ3) is 6.39. The van der Waals surface area contributed by atoms with E-state index in [2.05, 4.69) is 25.3 Å². The number of hydrogen-bond donors (Lipinski definition) is 3. The third-order valence-electron chi connectivity index (χ3n) is 5.05. The number of hydrogen-bond acceptors (Lipinski definition) is 5. The minimum Gasteiger partial charge on any atom is -0.325 e. The van der Waals surface area contributed by atoms with E-state index in [4.69, 9.17) is 16.9 Å². The number of guanidine groups is 1. The molecule has 0 bridgehead atoms. The van der Waals surface area contributed by atoms with Crippen LogP contribution in [0.25, 0.3) is 11.1 Å². The number of halogens is 1. The molecule has 36 heavy (non-hydrogen) atoms. The van der Waals surface area contributed by atoms with E-state index in [0.717, 1.165) is 11.1 Å². The molecule has 0 aliphatic heterocycles. The number of pyridine rings is 1. The van der Waals surface area contributed by atoms with Gasteiger partial charge in [-0.2, -0.15) is 5.26 Å². The summed E-state index contributed by atoms with van der Waals surface area (Å²) in [5.41, 5.74) is 3.30. The number of anilines is 2. The predicted molar refractivity (Wildman–Crippen MR) is 142 cm³/mol. The smallest absolute Gasteiger partial charge is 0.262 e. The van der Waals surface area contributed by atoms with Crippen LogP contribution in [0, 0.1) is 11.5 Å². The summed E-state index contributed by atoms with van der Waals surface area (Å²) in [7, 11) is -3.83. The average molecular weight is 517 g/mol. The molecule has 0 fully saturated rings. The first-order valence-corrected chi connectivity index (χ1v) is 12.6. The Morgan fingerprint density at radius 2 is 1.67 bits per heavy atom. The molecule has 0 amide bonds. The number of nitrogens with one attached hydrogen (secondary N) is 3. The first-order valence-electron chi connectivity index (χ1n) is 10.8. The van der Waals surface area contributed by atoms with Crippen LogP contribution in [0.15, 0.2) is 107 Å². The topological polar surface area (TPSA) is 119 Å². The lowest BCUT2D eigenvalue weighted by Gasteiger charge is -2.13. The van der Waals surface area contributed by atoms with Crippen molar-refractivity contribution in [3.8, 4) is 17.3 Å². The van der Waals surface area contributed by atoms with E-state index in [-0.39, 0.29) is 17.4 Å². The van der Waals surface area contributed by atoms with Gasteiger partial charge in [-0.05, 0) is 41.5 Å². The van der Waals surface area contributed by atoms with Gasteiger partial charge >= 0.3 is 0 Å². The Balaban J connectivity index is 1.48. The molecule has 3 N–H and O–H groups in total. The Labute approximate surface area is 214 Å². The summed E-state index contributed by atoms with van der Waals surface area (Å²) in [6.45, 7) is 0.250. The molecule has 3 aromatic carbocycles. The molecule has 0 saturated carbocycles. The van der Waals surface area contributed by atoms with Crippen LogP contribution in [0.1, 0.15) is 5.56 Å². The quantitative estimate of drug-likeness (QED) is 0.102. The lowest BCUT2D eigenvalue weighted by atomic mass is 10.1. The van der Waals surface area contributed by atoms with E-state index >= 15 is 0 Å². The van der Waals surface area contributed by atoms with Crippen molar-refractivity contribution in [3.05, 3.63) is 108 Å². The van der Waals surface area contributed by atoms with Crippen LogP contribution in [-0.2, 0) is 16.6 Å². The van der Waals surface area contributed by atoms with Gasteiger partial charge in [0.05, 0.1) is 11.4 Å². The van der Waals surface area contributed by atoms with Gasteiger partial charge in [0.25, 0.3) is 10.0 Å². The van der Waals surface area contributed by atoms with Crippen LogP contribution in [0.2, 0.25) is 5.15 Å². The highest BCUT2D eigenvalue weighted by molar-refractivity contribution is 7.92. The standard InChI is InChI=1S/C26H21ClN6O2S/c27-25-16-22(14-15-29-25)32-26(31-18-28)30-17-19-10-12-21(13-11-19)33-36(34,35)24-9-5-4-8-23(24)20-6-2-1-3-7-20/h1-16,33H,17H2,(H2,29,30,31,32). The zero-order valence-corrected chi connectivity index (χ0v) is 20.5. The summed E-state index contributed by atoms with van der Waals surface area (Å²) in [4.78, 5) is 8.48. The molecule has 10 heteroatoms. The zero-order valence-electron chi connectivity index (χ0n) is 18.9. The number of aliphatic imine (C=N–C) groups is 1. The second-order valence-corrected chi connectivity index (χ2v) is 9.60. The zero-order chi connectivity index (χ0) is 25.4. The highest BCUT2D eigenvalue weighted by Crippen LogP contribution is 2.28. The van der Waals surface area contributed by atoms with E-state index < -0.39 is 10.0 Å². The molecular weight excluding hydrogens is 496 g/mol. The van der Waals surface area contributed by atoms with E-state index in [9.17, 15) is 8.42 Å². The molecule has 180 valence electrons. The van der Waals surface area contributed by atoms with Crippen molar-refractivity contribution in [3.63, 3.8) is 0 Å². The van der Waals surface area contributed by atoms with Gasteiger partial charge < -0.3 is 5.32 Å². The van der Waals surface area contributed by atoms with Crippen LogP contribution in [0.4, 0.5) is 11.4 Å². The monoisotopic (exact) mass is 516 g/mol. The normalized spacial score (nSPS) is 11.4. The highest BCUT2D eigenvalue weighted by atomic mass is 35.5. The molecule has 0 unspecified atom stereocenters. The molecule has 0 spiro atoms. The van der Waals surface area contributed by atoms with Gasteiger partial charge in [-0.25, -0.2) is 18.4 Å². The van der Waals surface area contributed by atoms with Crippen molar-refractivity contribution in [1.29, 1.82) is 5.26 Å². The second-order valence-electron chi connectivity index (χ2n) is 7.56. The molecule has 0 radical (unpaired) electrons. The first kappa shape index (κ1) is 24.7. The van der Waals surface area contributed by atoms with Crippen molar-refractivity contribution in [1.82, 2.24) is 10.3 Å². The number of nitriles is 1. The highest BCUT2D eigenvalue weighted by Gasteiger charge is 2.19. The van der Waals surface area contributed by atoms with Crippen molar-refractivity contribution in [2.75, 3.05) is 10.0 Å². The van der Waals surface area contributed by atoms with Crippen molar-refractivity contribution < 1.29 is 8.42 Å². The summed E-state index contributed by atoms with van der Waals surface area (Å²) in [6.07, 6.45) is 3.37. The maximum Gasteiger partial charge on any atom is 0.262 e. The summed E-state index contributed by atoms with van der Waals surface area (Å²) in [5.74, 6) is 0.238. The van der Waals surface area contributed by atoms with Gasteiger partial charge in [0.1, 0.15) is 5.15 Å². The molecule has 1 aromatic heterocycles. The van der Waals surface area contributed by atoms with Crippen LogP contribution in [0.5, 0.6) is 0 Å². The number of benzene rings is 3. The van der Waals surface area contributed by atoms with Crippen molar-refractivity contribution >= 4 is 39.0 Å². The van der Waals surface area contributed by atoms with Gasteiger partial charge in [-0.3, -0.25) is 10.0 Å². The van der Waals surface area contributed by atoms with E-state index in [1.54, 1.807) is 54.6 Å². The number of aromatic nitrogens is 1. The second kappa shape index (κ2) is 11.4. The van der Waals surface area contributed by atoms with Crippen LogP contribution in [0.3, 0.4) is 0 Å². The van der Waals surface area contributed by atoms with E-state index in [0.29, 0.717) is 22.1 Å². The van der Waals surface area contributed by atoms with Gasteiger partial charge in [-0.15, -0.1) is 0 Å². The molecule has 4 rings (SSSR count). The lowest BCUT2D eigenvalue weighted by molar-refractivity contribution is 0.601. The summed E-state index contributed by atoms with van der Waals surface area (Å²) in [5, 5.41) is 14.8. The summed E-state index contributed by atoms with van der Waals surface area (Å²) >= 11 is 5.89. The summed E-state index contributed by atoms with van der Waals surface area (Å²) in [6, 6.07) is 26.4. The maximum atomic E-state index is 13.2. The SMILES string of the molecule is N#CNC(=NCc1ccc(NS(=O)(=O)c2ccccc2-c2ccccc2)cc1)Nc1ccnc(Cl)c1. The fourth-order valence-electron chi connectivity index (χ4n) is 3.40. The number of rotatable bonds is 7. The van der Waals surface area contributed by atoms with Crippen molar-refractivity contribution in [2.24, 2.45) is 4.99 Å². The molecule has 0 saturated heterocycles. The molecule has 4 aromatic rings. The van der Waals surface area contributed by atoms with Gasteiger partial charge in [0.2, 0.25) is 5.96 Å². The summed E-state index contributed by atoms with van der Waals surface area (Å²) < 4.78 is 29.0. The Morgan fingerprint density at radius 1 is 0.944 bits per heavy atom. The molecule has 1 heterocycles. The Morgan fingerprint density at radius 3 is 2.39 bits per heavy atom. The van der Waals surface area contributed by atoms with Crippen LogP contribution >= 0.6 is 11.6 Å². The lowest BCUT2D eigenvalue weighted by Crippen LogP contribution is -2.26. The van der Waals surface area contributed by atoms with Crippen LogP contribution < -0.4 is 15.4 Å². The fraction of sp³-hybridized carbons (Fsp3) is 0.0385. The maximum absolute atomic E-state index is 13.2. The Hall–Kier alpha value is -4.39. The minimum atomic E-state index is -3.83. The Bertz CT molecular complexity index is 1520. The van der Waals surface area contributed by atoms with Gasteiger partial charge in [0.15, 0.2) is 6.19 Å². The minimum absolute atomic E-state index is 0.194. The molecule has 8 nitrogen and oxygen atoms in total. The Kier molecular flexibility index (Phi) is 7.80. The third-order valence-corrected chi connectivity index (χ3v) is 6.70. The largest absolute Gasteiger partial charge is 0.325 e. The van der Waals surface area contributed by atoms with E-state index in [1.807, 2.05) is 42.6 Å². The molecule has 0 aliphatic carbocycles. The number of nitrogens with zero attached hydrogens (tertiary/aromatic N) is 3. The van der Waals surface area contributed by atoms with Gasteiger partial charge in [0, 0.05) is 23.1 Å². The van der Waals surface area contributed by atoms with Gasteiger partial charge in [-0.1, -0.05) is 72.3 Å². The van der Waals surface area contributed by atoms with Crippen molar-refractivity contribution in [2.45, 2.75) is 11.4 Å². The average Bonchev–Trinajstić information content (AvgIpc) is 2.89. The van der Waals surface area contributed by atoms with E-state index in [1.165, 1.54) is 6.20 Å². The molecule has 0 aliphatic rings. The molecule has 0 atom stereocenters. The first-order chi connectivity index (χ1) is 17.4. The fourth-order valence-corrected chi connectivity index (χ4v) is 4.86. The predicted octanol–water partition coefficient (Wildman–Crippen LogP) is 5.24. The number of sulfonamides is 1.